The van der Waals surface area contributed by atoms with Gasteiger partial charge in [0.25, 0.3) is 5.56 Å². The predicted molar refractivity (Wildman–Crippen MR) is 118 cm³/mol. The molecule has 7 heteroatoms. The van der Waals surface area contributed by atoms with Gasteiger partial charge in [-0.3, -0.25) is 9.78 Å². The number of pyridine rings is 2. The molecule has 3 rings (SSSR count). The Morgan fingerprint density at radius 1 is 1.17 bits per heavy atom. The highest BCUT2D eigenvalue weighted by molar-refractivity contribution is 6.05. The van der Waals surface area contributed by atoms with E-state index < -0.39 is 11.7 Å². The maximum atomic E-state index is 12.3. The topological polar surface area (TPSA) is 93.3 Å². The summed E-state index contributed by atoms with van der Waals surface area (Å²) in [7, 11) is 0. The molecule has 0 saturated carbocycles. The number of benzene rings is 1. The van der Waals surface area contributed by atoms with Gasteiger partial charge in [-0.25, -0.2) is 4.79 Å². The number of hydrogen-bond donors (Lipinski definition) is 2. The van der Waals surface area contributed by atoms with Crippen LogP contribution in [0.2, 0.25) is 0 Å². The number of amides is 1. The molecule has 3 aromatic rings. The number of hydrogen-bond acceptors (Lipinski definition) is 5. The highest BCUT2D eigenvalue weighted by Crippen LogP contribution is 2.24. The van der Waals surface area contributed by atoms with E-state index in [9.17, 15) is 9.59 Å². The predicted octanol–water partition coefficient (Wildman–Crippen LogP) is 4.39. The lowest BCUT2D eigenvalue weighted by Crippen LogP contribution is -2.42. The van der Waals surface area contributed by atoms with Gasteiger partial charge in [0.1, 0.15) is 18.0 Å². The Balaban J connectivity index is 1.77. The molecule has 0 spiro atoms. The van der Waals surface area contributed by atoms with Crippen LogP contribution in [0.15, 0.2) is 41.5 Å². The van der Waals surface area contributed by atoms with Crippen molar-refractivity contribution in [3.05, 3.63) is 47.0 Å². The molecule has 160 valence electrons. The number of fused-ring (bicyclic) bond motifs is 3. The summed E-state index contributed by atoms with van der Waals surface area (Å²) in [6.07, 6.45) is 3.53. The van der Waals surface area contributed by atoms with Gasteiger partial charge in [-0.2, -0.15) is 0 Å². The van der Waals surface area contributed by atoms with E-state index in [0.29, 0.717) is 29.2 Å². The zero-order valence-electron chi connectivity index (χ0n) is 18.1. The number of rotatable bonds is 6. The number of aromatic nitrogens is 2. The molecule has 1 atom stereocenters. The number of carbonyl (C=O) groups is 1. The van der Waals surface area contributed by atoms with E-state index in [1.54, 1.807) is 18.5 Å². The van der Waals surface area contributed by atoms with Crippen molar-refractivity contribution >= 4 is 27.8 Å². The summed E-state index contributed by atoms with van der Waals surface area (Å²) in [5.41, 5.74) is -0.0562. The van der Waals surface area contributed by atoms with Crippen LogP contribution in [-0.2, 0) is 4.74 Å². The first kappa shape index (κ1) is 21.6. The second-order valence-corrected chi connectivity index (χ2v) is 8.87. The molecule has 0 aliphatic rings. The van der Waals surface area contributed by atoms with Gasteiger partial charge < -0.3 is 19.8 Å². The van der Waals surface area contributed by atoms with Crippen molar-refractivity contribution in [2.75, 3.05) is 6.61 Å². The van der Waals surface area contributed by atoms with E-state index in [2.05, 4.69) is 29.1 Å². The van der Waals surface area contributed by atoms with Gasteiger partial charge in [0.15, 0.2) is 0 Å². The number of nitrogens with one attached hydrogen (secondary N) is 2. The van der Waals surface area contributed by atoms with Crippen LogP contribution in [0.3, 0.4) is 0 Å². The Morgan fingerprint density at radius 2 is 1.93 bits per heavy atom. The summed E-state index contributed by atoms with van der Waals surface area (Å²) in [5, 5.41) is 5.22. The standard InChI is InChI=1S/C23H29N3O4/c1-14(2)10-15(25-22(28)30-23(3,4)5)13-29-16-6-7-18-17-8-9-24-12-19(17)21(27)26-20(18)11-16/h6-9,11-12,14-15H,10,13H2,1-5H3,(H,25,28)(H,26,27). The molecular formula is C23H29N3O4. The van der Waals surface area contributed by atoms with Crippen LogP contribution < -0.4 is 15.6 Å². The van der Waals surface area contributed by atoms with Crippen LogP contribution in [0.1, 0.15) is 41.0 Å². The normalized spacial score (nSPS) is 12.9. The second kappa shape index (κ2) is 8.73. The first-order chi connectivity index (χ1) is 14.1. The molecule has 0 aliphatic carbocycles. The third-order valence-corrected chi connectivity index (χ3v) is 4.52. The Kier molecular flexibility index (Phi) is 6.29. The SMILES string of the molecule is CC(C)CC(COc1ccc2c(c1)[nH]c(=O)c1cnccc12)NC(=O)OC(C)(C)C. The molecule has 2 aromatic heterocycles. The van der Waals surface area contributed by atoms with Crippen molar-refractivity contribution in [3.8, 4) is 5.75 Å². The Morgan fingerprint density at radius 3 is 2.63 bits per heavy atom. The summed E-state index contributed by atoms with van der Waals surface area (Å²) in [5.74, 6) is 0.993. The maximum Gasteiger partial charge on any atom is 0.407 e. The Bertz CT molecular complexity index is 1100. The molecule has 0 radical (unpaired) electrons. The number of alkyl carbamates (subject to hydrolysis) is 1. The van der Waals surface area contributed by atoms with Gasteiger partial charge in [0.2, 0.25) is 0 Å². The quantitative estimate of drug-likeness (QED) is 0.587. The molecule has 1 aromatic carbocycles. The third kappa shape index (κ3) is 5.49. The van der Waals surface area contributed by atoms with Gasteiger partial charge in [0, 0.05) is 23.8 Å². The van der Waals surface area contributed by atoms with Gasteiger partial charge in [-0.15, -0.1) is 0 Å². The zero-order chi connectivity index (χ0) is 21.9. The number of nitrogens with zero attached hydrogens (tertiary/aromatic N) is 1. The smallest absolute Gasteiger partial charge is 0.407 e. The number of ether oxygens (including phenoxy) is 2. The molecular weight excluding hydrogens is 382 g/mol. The minimum absolute atomic E-state index is 0.188. The van der Waals surface area contributed by atoms with Crippen LogP contribution in [0, 0.1) is 5.92 Å². The lowest BCUT2D eigenvalue weighted by atomic mass is 10.0. The first-order valence-corrected chi connectivity index (χ1v) is 10.1. The van der Waals surface area contributed by atoms with Crippen molar-refractivity contribution in [1.82, 2.24) is 15.3 Å². The lowest BCUT2D eigenvalue weighted by Gasteiger charge is -2.24. The Labute approximate surface area is 175 Å². The van der Waals surface area contributed by atoms with Crippen molar-refractivity contribution in [2.24, 2.45) is 5.92 Å². The maximum absolute atomic E-state index is 12.3. The molecule has 7 nitrogen and oxygen atoms in total. The minimum atomic E-state index is -0.560. The van der Waals surface area contributed by atoms with Crippen LogP contribution >= 0.6 is 0 Å². The minimum Gasteiger partial charge on any atom is -0.491 e. The molecule has 30 heavy (non-hydrogen) atoms. The number of H-pyrrole nitrogens is 1. The van der Waals surface area contributed by atoms with Crippen LogP contribution in [0.25, 0.3) is 21.7 Å². The average molecular weight is 412 g/mol. The number of aromatic amines is 1. The fraction of sp³-hybridized carbons (Fsp3) is 0.435. The van der Waals surface area contributed by atoms with E-state index in [-0.39, 0.29) is 11.6 Å². The molecule has 1 unspecified atom stereocenters. The van der Waals surface area contributed by atoms with Crippen molar-refractivity contribution in [1.29, 1.82) is 0 Å². The van der Waals surface area contributed by atoms with Crippen LogP contribution in [-0.4, -0.2) is 34.3 Å². The van der Waals surface area contributed by atoms with Crippen LogP contribution in [0.5, 0.6) is 5.75 Å². The highest BCUT2D eigenvalue weighted by atomic mass is 16.6. The van der Waals surface area contributed by atoms with Gasteiger partial charge >= 0.3 is 6.09 Å². The van der Waals surface area contributed by atoms with Crippen LogP contribution in [0.4, 0.5) is 4.79 Å². The van der Waals surface area contributed by atoms with Gasteiger partial charge in [-0.05, 0) is 56.7 Å². The largest absolute Gasteiger partial charge is 0.491 e. The molecule has 0 aliphatic heterocycles. The van der Waals surface area contributed by atoms with Gasteiger partial charge in [-0.1, -0.05) is 13.8 Å². The molecule has 0 bridgehead atoms. The fourth-order valence-corrected chi connectivity index (χ4v) is 3.36. The molecule has 0 fully saturated rings. The van der Waals surface area contributed by atoms with E-state index in [1.807, 2.05) is 39.0 Å². The summed E-state index contributed by atoms with van der Waals surface area (Å²) >= 11 is 0. The Hall–Kier alpha value is -3.09. The summed E-state index contributed by atoms with van der Waals surface area (Å²) < 4.78 is 11.3. The van der Waals surface area contributed by atoms with Gasteiger partial charge in [0.05, 0.1) is 16.9 Å². The van der Waals surface area contributed by atoms with Crippen molar-refractivity contribution in [2.45, 2.75) is 52.7 Å². The van der Waals surface area contributed by atoms with E-state index in [0.717, 1.165) is 17.2 Å². The van der Waals surface area contributed by atoms with Crippen molar-refractivity contribution in [3.63, 3.8) is 0 Å². The third-order valence-electron chi connectivity index (χ3n) is 4.52. The van der Waals surface area contributed by atoms with E-state index in [4.69, 9.17) is 9.47 Å². The molecule has 1 amide bonds. The lowest BCUT2D eigenvalue weighted by molar-refractivity contribution is 0.0480. The van der Waals surface area contributed by atoms with E-state index in [1.165, 1.54) is 0 Å². The zero-order valence-corrected chi connectivity index (χ0v) is 18.1. The summed E-state index contributed by atoms with van der Waals surface area (Å²) in [6, 6.07) is 7.22. The first-order valence-electron chi connectivity index (χ1n) is 10.1. The molecule has 0 saturated heterocycles. The number of carbonyl (C=O) groups excluding carboxylic acids is 1. The monoisotopic (exact) mass is 411 g/mol. The molecule has 2 N–H and O–H groups in total. The van der Waals surface area contributed by atoms with E-state index >= 15 is 0 Å². The average Bonchev–Trinajstić information content (AvgIpc) is 2.64. The second-order valence-electron chi connectivity index (χ2n) is 8.87. The van der Waals surface area contributed by atoms with Crippen molar-refractivity contribution < 1.29 is 14.3 Å². The summed E-state index contributed by atoms with van der Waals surface area (Å²) in [6.45, 7) is 9.96. The fourth-order valence-electron chi connectivity index (χ4n) is 3.36. The molecule has 2 heterocycles. The summed E-state index contributed by atoms with van der Waals surface area (Å²) in [4.78, 5) is 31.4. The highest BCUT2D eigenvalue weighted by Gasteiger charge is 2.21.